The van der Waals surface area contributed by atoms with Crippen LogP contribution in [-0.2, 0) is 6.42 Å². The second kappa shape index (κ2) is 6.20. The maximum absolute atomic E-state index is 3.61. The number of rotatable bonds is 6. The molecule has 0 radical (unpaired) electrons. The summed E-state index contributed by atoms with van der Waals surface area (Å²) < 4.78 is 0. The van der Waals surface area contributed by atoms with Crippen LogP contribution in [-0.4, -0.2) is 12.6 Å². The van der Waals surface area contributed by atoms with Crippen LogP contribution in [0.3, 0.4) is 0 Å². The summed E-state index contributed by atoms with van der Waals surface area (Å²) in [6.45, 7) is 5.65. The summed E-state index contributed by atoms with van der Waals surface area (Å²) in [5.74, 6) is 1.79. The van der Waals surface area contributed by atoms with Crippen LogP contribution in [0, 0.1) is 11.8 Å². The highest BCUT2D eigenvalue weighted by molar-refractivity contribution is 5.15. The van der Waals surface area contributed by atoms with E-state index < -0.39 is 0 Å². The summed E-state index contributed by atoms with van der Waals surface area (Å²) in [5, 5.41) is 3.61. The van der Waals surface area contributed by atoms with E-state index in [0.29, 0.717) is 6.04 Å². The van der Waals surface area contributed by atoms with Gasteiger partial charge in [-0.25, -0.2) is 0 Å². The molecule has 1 fully saturated rings. The van der Waals surface area contributed by atoms with Gasteiger partial charge in [-0.3, -0.25) is 0 Å². The molecule has 1 saturated carbocycles. The molecule has 1 unspecified atom stereocenters. The highest BCUT2D eigenvalue weighted by Gasteiger charge is 2.27. The fraction of sp³-hybridized carbons (Fsp3) is 0.625. The van der Waals surface area contributed by atoms with Crippen LogP contribution in [0.4, 0.5) is 0 Å². The van der Waals surface area contributed by atoms with E-state index in [9.17, 15) is 0 Å². The Balaban J connectivity index is 1.90. The zero-order chi connectivity index (χ0) is 12.1. The number of nitrogens with one attached hydrogen (secondary N) is 1. The largest absolute Gasteiger partial charge is 0.314 e. The van der Waals surface area contributed by atoms with Gasteiger partial charge in [0.05, 0.1) is 0 Å². The molecule has 0 heterocycles. The quantitative estimate of drug-likeness (QED) is 0.788. The van der Waals surface area contributed by atoms with Crippen molar-refractivity contribution in [3.63, 3.8) is 0 Å². The molecule has 1 atom stereocenters. The lowest BCUT2D eigenvalue weighted by molar-refractivity contribution is 0.197. The number of hydrogen-bond donors (Lipinski definition) is 1. The van der Waals surface area contributed by atoms with Crippen molar-refractivity contribution in [1.29, 1.82) is 0 Å². The summed E-state index contributed by atoms with van der Waals surface area (Å²) in [6, 6.07) is 11.6. The molecule has 1 heteroatoms. The van der Waals surface area contributed by atoms with Crippen molar-refractivity contribution in [2.45, 2.75) is 45.6 Å². The van der Waals surface area contributed by atoms with Crippen LogP contribution in [0.25, 0.3) is 0 Å². The minimum absolute atomic E-state index is 0.605. The molecule has 0 aliphatic heterocycles. The molecule has 1 aliphatic rings. The smallest absolute Gasteiger partial charge is 0.00104 e. The molecule has 1 aliphatic carbocycles. The van der Waals surface area contributed by atoms with Crippen LogP contribution in [0.1, 0.15) is 38.7 Å². The van der Waals surface area contributed by atoms with Crippen molar-refractivity contribution in [2.24, 2.45) is 11.8 Å². The minimum atomic E-state index is 0.605. The lowest BCUT2D eigenvalue weighted by Crippen LogP contribution is -2.36. The third kappa shape index (κ3) is 3.85. The average molecular weight is 231 g/mol. The molecule has 94 valence electrons. The fourth-order valence-corrected chi connectivity index (χ4v) is 2.62. The maximum Gasteiger partial charge on any atom is 0.00104 e. The molecule has 1 N–H and O–H groups in total. The Labute approximate surface area is 106 Å². The molecular weight excluding hydrogens is 206 g/mol. The van der Waals surface area contributed by atoms with Gasteiger partial charge < -0.3 is 5.32 Å². The third-order valence-electron chi connectivity index (χ3n) is 3.95. The van der Waals surface area contributed by atoms with Gasteiger partial charge in [-0.1, -0.05) is 63.4 Å². The highest BCUT2D eigenvalue weighted by atomic mass is 14.9. The molecule has 0 spiro atoms. The minimum Gasteiger partial charge on any atom is -0.314 e. The lowest BCUT2D eigenvalue weighted by atomic mass is 9.73. The standard InChI is InChI=1S/C16H25N/c1-13(2)17-12-16(15-9-6-10-15)11-14-7-4-3-5-8-14/h3-5,7-8,13,15-17H,6,9-12H2,1-2H3. The Morgan fingerprint density at radius 1 is 1.18 bits per heavy atom. The van der Waals surface area contributed by atoms with E-state index in [1.807, 2.05) is 0 Å². The van der Waals surface area contributed by atoms with Gasteiger partial charge in [0.25, 0.3) is 0 Å². The van der Waals surface area contributed by atoms with E-state index >= 15 is 0 Å². The second-order valence-electron chi connectivity index (χ2n) is 5.70. The van der Waals surface area contributed by atoms with Gasteiger partial charge in [0.1, 0.15) is 0 Å². The molecule has 1 nitrogen and oxygen atoms in total. The van der Waals surface area contributed by atoms with E-state index in [1.54, 1.807) is 0 Å². The van der Waals surface area contributed by atoms with Crippen molar-refractivity contribution in [2.75, 3.05) is 6.54 Å². The summed E-state index contributed by atoms with van der Waals surface area (Å²) in [4.78, 5) is 0. The van der Waals surface area contributed by atoms with Crippen LogP contribution in [0.2, 0.25) is 0 Å². The first-order valence-electron chi connectivity index (χ1n) is 7.03. The monoisotopic (exact) mass is 231 g/mol. The Morgan fingerprint density at radius 3 is 2.41 bits per heavy atom. The zero-order valence-electron chi connectivity index (χ0n) is 11.2. The van der Waals surface area contributed by atoms with E-state index in [2.05, 4.69) is 49.5 Å². The molecule has 2 rings (SSSR count). The first-order chi connectivity index (χ1) is 8.25. The van der Waals surface area contributed by atoms with Gasteiger partial charge >= 0.3 is 0 Å². The molecule has 0 aromatic heterocycles. The SMILES string of the molecule is CC(C)NCC(Cc1ccccc1)C1CCC1. The molecule has 17 heavy (non-hydrogen) atoms. The molecular formula is C16H25N. The summed E-state index contributed by atoms with van der Waals surface area (Å²) in [5.41, 5.74) is 1.50. The number of benzene rings is 1. The van der Waals surface area contributed by atoms with Crippen LogP contribution < -0.4 is 5.32 Å². The van der Waals surface area contributed by atoms with E-state index in [-0.39, 0.29) is 0 Å². The van der Waals surface area contributed by atoms with Gasteiger partial charge in [0.15, 0.2) is 0 Å². The van der Waals surface area contributed by atoms with Crippen molar-refractivity contribution < 1.29 is 0 Å². The van der Waals surface area contributed by atoms with Crippen molar-refractivity contribution in [3.05, 3.63) is 35.9 Å². The van der Waals surface area contributed by atoms with Crippen LogP contribution in [0.15, 0.2) is 30.3 Å². The third-order valence-corrected chi connectivity index (χ3v) is 3.95. The summed E-state index contributed by atoms with van der Waals surface area (Å²) >= 11 is 0. The van der Waals surface area contributed by atoms with E-state index in [0.717, 1.165) is 11.8 Å². The Hall–Kier alpha value is -0.820. The van der Waals surface area contributed by atoms with Gasteiger partial charge in [-0.15, -0.1) is 0 Å². The molecule has 0 saturated heterocycles. The molecule has 1 aromatic rings. The van der Waals surface area contributed by atoms with Gasteiger partial charge in [-0.05, 0) is 30.4 Å². The zero-order valence-corrected chi connectivity index (χ0v) is 11.2. The summed E-state index contributed by atoms with van der Waals surface area (Å²) in [6.07, 6.45) is 5.57. The summed E-state index contributed by atoms with van der Waals surface area (Å²) in [7, 11) is 0. The van der Waals surface area contributed by atoms with E-state index in [4.69, 9.17) is 0 Å². The lowest BCUT2D eigenvalue weighted by Gasteiger charge is -2.34. The van der Waals surface area contributed by atoms with Crippen molar-refractivity contribution in [3.8, 4) is 0 Å². The van der Waals surface area contributed by atoms with Crippen molar-refractivity contribution in [1.82, 2.24) is 5.32 Å². The molecule has 1 aromatic carbocycles. The highest BCUT2D eigenvalue weighted by Crippen LogP contribution is 2.35. The topological polar surface area (TPSA) is 12.0 Å². The average Bonchev–Trinajstić information content (AvgIpc) is 2.25. The van der Waals surface area contributed by atoms with Gasteiger partial charge in [0.2, 0.25) is 0 Å². The predicted molar refractivity (Wildman–Crippen MR) is 74.1 cm³/mol. The number of hydrogen-bond acceptors (Lipinski definition) is 1. The Kier molecular flexibility index (Phi) is 4.61. The van der Waals surface area contributed by atoms with E-state index in [1.165, 1.54) is 37.8 Å². The van der Waals surface area contributed by atoms with Crippen LogP contribution >= 0.6 is 0 Å². The molecule has 0 bridgehead atoms. The fourth-order valence-electron chi connectivity index (χ4n) is 2.62. The van der Waals surface area contributed by atoms with Gasteiger partial charge in [-0.2, -0.15) is 0 Å². The first kappa shape index (κ1) is 12.6. The first-order valence-corrected chi connectivity index (χ1v) is 7.03. The van der Waals surface area contributed by atoms with Crippen molar-refractivity contribution >= 4 is 0 Å². The predicted octanol–water partition coefficient (Wildman–Crippen LogP) is 3.64. The van der Waals surface area contributed by atoms with Crippen LogP contribution in [0.5, 0.6) is 0 Å². The second-order valence-corrected chi connectivity index (χ2v) is 5.70. The normalized spacial score (nSPS) is 18.1. The molecule has 0 amide bonds. The maximum atomic E-state index is 3.61. The Morgan fingerprint density at radius 2 is 1.88 bits per heavy atom. The van der Waals surface area contributed by atoms with Gasteiger partial charge in [0, 0.05) is 6.04 Å². The Bertz CT molecular complexity index is 314.